The summed E-state index contributed by atoms with van der Waals surface area (Å²) >= 11 is 3.01. The van der Waals surface area contributed by atoms with Gasteiger partial charge in [-0.3, -0.25) is 14.1 Å². The Morgan fingerprint density at radius 1 is 1.25 bits per heavy atom. The molecule has 2 heterocycles. The van der Waals surface area contributed by atoms with Gasteiger partial charge in [0, 0.05) is 17.3 Å². The highest BCUT2D eigenvalue weighted by Gasteiger charge is 2.30. The zero-order valence-electron chi connectivity index (χ0n) is 15.0. The first kappa shape index (κ1) is 19.2. The lowest BCUT2D eigenvalue weighted by molar-refractivity contribution is 0.102. The Labute approximate surface area is 171 Å². The van der Waals surface area contributed by atoms with Crippen molar-refractivity contribution in [2.24, 2.45) is 0 Å². The van der Waals surface area contributed by atoms with Crippen LogP contribution >= 0.6 is 23.1 Å². The number of ketones is 1. The maximum absolute atomic E-state index is 12.5. The average molecular weight is 435 g/mol. The normalized spacial score (nSPS) is 14.2. The number of aromatic nitrogens is 3. The molecule has 7 nitrogen and oxygen atoms in total. The summed E-state index contributed by atoms with van der Waals surface area (Å²) in [5.41, 5.74) is 0.961. The molecule has 3 aromatic rings. The third-order valence-electron chi connectivity index (χ3n) is 4.16. The number of rotatable bonds is 8. The third kappa shape index (κ3) is 4.45. The number of nitrogens with zero attached hydrogens (tertiary/aromatic N) is 3. The molecule has 0 unspecified atom stereocenters. The van der Waals surface area contributed by atoms with E-state index >= 15 is 0 Å². The Kier molecular flexibility index (Phi) is 5.26. The Bertz CT molecular complexity index is 1090. The van der Waals surface area contributed by atoms with Gasteiger partial charge >= 0.3 is 0 Å². The molecule has 1 N–H and O–H groups in total. The summed E-state index contributed by atoms with van der Waals surface area (Å²) in [4.78, 5) is 13.6. The molecule has 0 atom stereocenters. The second-order valence-corrected chi connectivity index (χ2v) is 10.2. The molecule has 0 bridgehead atoms. The fourth-order valence-electron chi connectivity index (χ4n) is 2.76. The van der Waals surface area contributed by atoms with Crippen LogP contribution in [-0.4, -0.2) is 41.0 Å². The molecule has 1 aliphatic carbocycles. The first-order chi connectivity index (χ1) is 13.4. The lowest BCUT2D eigenvalue weighted by Gasteiger charge is -2.08. The lowest BCUT2D eigenvalue weighted by atomic mass is 10.1. The van der Waals surface area contributed by atoms with Gasteiger partial charge in [-0.05, 0) is 48.6 Å². The highest BCUT2D eigenvalue weighted by Crippen LogP contribution is 2.41. The van der Waals surface area contributed by atoms with Gasteiger partial charge in [-0.25, -0.2) is 8.42 Å². The predicted molar refractivity (Wildman–Crippen MR) is 112 cm³/mol. The van der Waals surface area contributed by atoms with Gasteiger partial charge in [0.25, 0.3) is 0 Å². The maximum Gasteiger partial charge on any atom is 0.229 e. The molecular formula is C18H18N4O3S3. The molecule has 4 rings (SSSR count). The Morgan fingerprint density at radius 2 is 2.00 bits per heavy atom. The molecule has 1 saturated carbocycles. The van der Waals surface area contributed by atoms with Crippen molar-refractivity contribution >= 4 is 44.6 Å². The van der Waals surface area contributed by atoms with Crippen LogP contribution < -0.4 is 4.72 Å². The lowest BCUT2D eigenvalue weighted by Crippen LogP contribution is -2.10. The van der Waals surface area contributed by atoms with Crippen molar-refractivity contribution in [3.63, 3.8) is 0 Å². The summed E-state index contributed by atoms with van der Waals surface area (Å²) < 4.78 is 27.0. The molecule has 10 heteroatoms. The SMILES string of the molecule is CS(=O)(=O)Nc1ccc(C(=O)CSc2nnc(-c3cccs3)n2C2CC2)cc1. The van der Waals surface area contributed by atoms with Crippen molar-refractivity contribution in [3.05, 3.63) is 47.3 Å². The number of Topliss-reactive ketones (excluding diaryl/α,β-unsaturated/α-hetero) is 1. The van der Waals surface area contributed by atoms with Crippen LogP contribution in [0, 0.1) is 0 Å². The number of anilines is 1. The summed E-state index contributed by atoms with van der Waals surface area (Å²) in [7, 11) is -3.34. The minimum Gasteiger partial charge on any atom is -0.298 e. The van der Waals surface area contributed by atoms with Crippen LogP contribution in [0.25, 0.3) is 10.7 Å². The van der Waals surface area contributed by atoms with Crippen LogP contribution in [0.15, 0.2) is 46.9 Å². The molecule has 0 aliphatic heterocycles. The van der Waals surface area contributed by atoms with Crippen LogP contribution in [0.5, 0.6) is 0 Å². The number of thioether (sulfide) groups is 1. The van der Waals surface area contributed by atoms with Crippen LogP contribution in [0.4, 0.5) is 5.69 Å². The molecular weight excluding hydrogens is 416 g/mol. The van der Waals surface area contributed by atoms with Gasteiger partial charge in [-0.1, -0.05) is 17.8 Å². The third-order valence-corrected chi connectivity index (χ3v) is 6.58. The summed E-state index contributed by atoms with van der Waals surface area (Å²) in [5.74, 6) is 1.07. The molecule has 28 heavy (non-hydrogen) atoms. The summed E-state index contributed by atoms with van der Waals surface area (Å²) in [6, 6.07) is 10.8. The van der Waals surface area contributed by atoms with Gasteiger partial charge in [0.2, 0.25) is 10.0 Å². The van der Waals surface area contributed by atoms with E-state index < -0.39 is 10.0 Å². The molecule has 0 saturated heterocycles. The Hall–Kier alpha value is -2.17. The number of nitrogens with one attached hydrogen (secondary N) is 1. The van der Waals surface area contributed by atoms with Crippen molar-refractivity contribution in [3.8, 4) is 10.7 Å². The molecule has 0 spiro atoms. The van der Waals surface area contributed by atoms with Crippen LogP contribution in [0.2, 0.25) is 0 Å². The number of carbonyl (C=O) groups excluding carboxylic acids is 1. The van der Waals surface area contributed by atoms with Crippen molar-refractivity contribution in [2.75, 3.05) is 16.7 Å². The van der Waals surface area contributed by atoms with Crippen LogP contribution in [-0.2, 0) is 10.0 Å². The summed E-state index contributed by atoms with van der Waals surface area (Å²) in [6.45, 7) is 0. The standard InChI is InChI=1S/C18H18N4O3S3/c1-28(24,25)21-13-6-4-12(5-7-13)15(23)11-27-18-20-19-17(16-3-2-10-26-16)22(18)14-8-9-14/h2-7,10,14,21H,8-9,11H2,1H3. The first-order valence-electron chi connectivity index (χ1n) is 8.63. The van der Waals surface area contributed by atoms with E-state index in [9.17, 15) is 13.2 Å². The fourth-order valence-corrected chi connectivity index (χ4v) is 4.93. The van der Waals surface area contributed by atoms with Crippen LogP contribution in [0.3, 0.4) is 0 Å². The monoisotopic (exact) mass is 434 g/mol. The molecule has 146 valence electrons. The largest absolute Gasteiger partial charge is 0.298 e. The second-order valence-electron chi connectivity index (χ2n) is 6.55. The van der Waals surface area contributed by atoms with Crippen molar-refractivity contribution in [2.45, 2.75) is 24.0 Å². The fraction of sp³-hybridized carbons (Fsp3) is 0.278. The van der Waals surface area contributed by atoms with Crippen molar-refractivity contribution in [1.29, 1.82) is 0 Å². The number of hydrogen-bond acceptors (Lipinski definition) is 7. The van der Waals surface area contributed by atoms with Crippen molar-refractivity contribution < 1.29 is 13.2 Å². The van der Waals surface area contributed by atoms with E-state index in [4.69, 9.17) is 0 Å². The van der Waals surface area contributed by atoms with Gasteiger partial charge in [-0.2, -0.15) is 0 Å². The highest BCUT2D eigenvalue weighted by atomic mass is 32.2. The minimum atomic E-state index is -3.34. The summed E-state index contributed by atoms with van der Waals surface area (Å²) in [5, 5.41) is 11.4. The average Bonchev–Trinajstić information content (AvgIpc) is 3.17. The van der Waals surface area contributed by atoms with E-state index in [1.807, 2.05) is 17.5 Å². The van der Waals surface area contributed by atoms with E-state index in [-0.39, 0.29) is 11.5 Å². The van der Waals surface area contributed by atoms with Gasteiger partial charge < -0.3 is 0 Å². The Balaban J connectivity index is 1.45. The number of benzene rings is 1. The molecule has 1 aromatic carbocycles. The van der Waals surface area contributed by atoms with E-state index in [1.165, 1.54) is 11.8 Å². The molecule has 0 amide bonds. The van der Waals surface area contributed by atoms with E-state index in [0.29, 0.717) is 17.3 Å². The first-order valence-corrected chi connectivity index (χ1v) is 12.4. The summed E-state index contributed by atoms with van der Waals surface area (Å²) in [6.07, 6.45) is 3.29. The maximum atomic E-state index is 12.5. The number of hydrogen-bond donors (Lipinski definition) is 1. The van der Waals surface area contributed by atoms with Gasteiger partial charge in [0.05, 0.1) is 16.9 Å². The number of sulfonamides is 1. The topological polar surface area (TPSA) is 93.9 Å². The second kappa shape index (κ2) is 7.69. The van der Waals surface area contributed by atoms with Gasteiger partial charge in [0.15, 0.2) is 16.8 Å². The molecule has 1 aliphatic rings. The van der Waals surface area contributed by atoms with E-state index in [0.717, 1.165) is 35.0 Å². The predicted octanol–water partition coefficient (Wildman–Crippen LogP) is 3.69. The van der Waals surface area contributed by atoms with Gasteiger partial charge in [0.1, 0.15) is 0 Å². The zero-order chi connectivity index (χ0) is 19.7. The van der Waals surface area contributed by atoms with Gasteiger partial charge in [-0.15, -0.1) is 21.5 Å². The van der Waals surface area contributed by atoms with E-state index in [1.54, 1.807) is 35.6 Å². The zero-order valence-corrected chi connectivity index (χ0v) is 17.5. The highest BCUT2D eigenvalue weighted by molar-refractivity contribution is 7.99. The van der Waals surface area contributed by atoms with E-state index in [2.05, 4.69) is 19.5 Å². The Morgan fingerprint density at radius 3 is 2.61 bits per heavy atom. The quantitative estimate of drug-likeness (QED) is 0.429. The van der Waals surface area contributed by atoms with Crippen molar-refractivity contribution in [1.82, 2.24) is 14.8 Å². The number of carbonyl (C=O) groups is 1. The minimum absolute atomic E-state index is 0.0427. The molecule has 1 fully saturated rings. The smallest absolute Gasteiger partial charge is 0.229 e. The molecule has 0 radical (unpaired) electrons. The molecule has 2 aromatic heterocycles. The number of thiophene rings is 1. The van der Waals surface area contributed by atoms with Crippen LogP contribution in [0.1, 0.15) is 29.2 Å².